The van der Waals surface area contributed by atoms with Gasteiger partial charge in [0.1, 0.15) is 0 Å². The highest BCUT2D eigenvalue weighted by Gasteiger charge is 2.29. The Hall–Kier alpha value is -0.860. The van der Waals surface area contributed by atoms with Crippen LogP contribution >= 0.6 is 0 Å². The second-order valence-electron chi connectivity index (χ2n) is 5.22. The summed E-state index contributed by atoms with van der Waals surface area (Å²) in [4.78, 5) is 2.42. The van der Waals surface area contributed by atoms with Crippen molar-refractivity contribution >= 4 is 0 Å². The molecule has 1 aromatic carbocycles. The van der Waals surface area contributed by atoms with E-state index in [1.54, 1.807) is 0 Å². The average molecular weight is 218 g/mol. The number of hydrogen-bond acceptors (Lipinski definition) is 2. The fraction of sp³-hybridized carbons (Fsp3) is 0.571. The summed E-state index contributed by atoms with van der Waals surface area (Å²) in [6.07, 6.45) is 1.23. The Morgan fingerprint density at radius 3 is 2.94 bits per heavy atom. The van der Waals surface area contributed by atoms with Crippen molar-refractivity contribution < 1.29 is 0 Å². The molecule has 2 rings (SSSR count). The van der Waals surface area contributed by atoms with Crippen LogP contribution in [0.25, 0.3) is 0 Å². The van der Waals surface area contributed by atoms with Gasteiger partial charge in [-0.1, -0.05) is 29.8 Å². The Morgan fingerprint density at radius 2 is 2.19 bits per heavy atom. The van der Waals surface area contributed by atoms with E-state index in [1.807, 2.05) is 0 Å². The first-order chi connectivity index (χ1) is 7.60. The molecule has 0 aromatic heterocycles. The van der Waals surface area contributed by atoms with Gasteiger partial charge in [0, 0.05) is 6.54 Å². The maximum absolute atomic E-state index is 3.69. The van der Waals surface area contributed by atoms with Crippen molar-refractivity contribution in [3.05, 3.63) is 35.4 Å². The molecule has 1 heterocycles. The fourth-order valence-electron chi connectivity index (χ4n) is 2.57. The lowest BCUT2D eigenvalue weighted by Gasteiger charge is -2.33. The number of nitrogens with zero attached hydrogens (tertiary/aromatic N) is 1. The van der Waals surface area contributed by atoms with Crippen LogP contribution in [0.3, 0.4) is 0 Å². The van der Waals surface area contributed by atoms with E-state index < -0.39 is 0 Å². The Morgan fingerprint density at radius 1 is 1.38 bits per heavy atom. The van der Waals surface area contributed by atoms with Gasteiger partial charge in [-0.15, -0.1) is 0 Å². The Bertz CT molecular complexity index is 362. The third-order valence-electron chi connectivity index (χ3n) is 3.47. The fourth-order valence-corrected chi connectivity index (χ4v) is 2.57. The molecule has 1 aromatic rings. The number of nitrogens with one attached hydrogen (secondary N) is 1. The van der Waals surface area contributed by atoms with E-state index in [4.69, 9.17) is 0 Å². The molecule has 1 N–H and O–H groups in total. The van der Waals surface area contributed by atoms with E-state index >= 15 is 0 Å². The topological polar surface area (TPSA) is 15.3 Å². The van der Waals surface area contributed by atoms with Gasteiger partial charge in [-0.25, -0.2) is 0 Å². The molecule has 0 bridgehead atoms. The number of likely N-dealkylation sites (N-methyl/N-ethyl adjacent to an activating group) is 1. The minimum atomic E-state index is 0.0945. The van der Waals surface area contributed by atoms with Crippen LogP contribution in [0.2, 0.25) is 0 Å². The molecule has 1 saturated heterocycles. The molecule has 1 aliphatic rings. The van der Waals surface area contributed by atoms with Crippen molar-refractivity contribution in [1.29, 1.82) is 0 Å². The van der Waals surface area contributed by atoms with Crippen molar-refractivity contribution in [2.45, 2.75) is 25.8 Å². The van der Waals surface area contributed by atoms with Crippen molar-refractivity contribution in [3.8, 4) is 0 Å². The SMILES string of the molecule is Cc1cccc(C2(C)CN(C)CCCN2)c1. The van der Waals surface area contributed by atoms with Gasteiger partial charge in [-0.05, 0) is 46.0 Å². The Balaban J connectivity index is 2.28. The van der Waals surface area contributed by atoms with Crippen LogP contribution in [0, 0.1) is 6.92 Å². The molecule has 2 heteroatoms. The molecule has 1 atom stereocenters. The maximum atomic E-state index is 3.69. The molecular weight excluding hydrogens is 196 g/mol. The molecular formula is C14H22N2. The van der Waals surface area contributed by atoms with Crippen LogP contribution in [0.5, 0.6) is 0 Å². The third-order valence-corrected chi connectivity index (χ3v) is 3.47. The second kappa shape index (κ2) is 4.56. The summed E-state index contributed by atoms with van der Waals surface area (Å²) in [5.74, 6) is 0. The molecule has 1 fully saturated rings. The van der Waals surface area contributed by atoms with Gasteiger partial charge in [-0.3, -0.25) is 0 Å². The van der Waals surface area contributed by atoms with Gasteiger partial charge in [0.25, 0.3) is 0 Å². The lowest BCUT2D eigenvalue weighted by atomic mass is 9.90. The smallest absolute Gasteiger partial charge is 0.0534 e. The van der Waals surface area contributed by atoms with Crippen LogP contribution in [0.1, 0.15) is 24.5 Å². The van der Waals surface area contributed by atoms with Crippen LogP contribution < -0.4 is 5.32 Å². The van der Waals surface area contributed by atoms with Crippen molar-refractivity contribution in [2.24, 2.45) is 0 Å². The zero-order chi connectivity index (χ0) is 11.6. The monoisotopic (exact) mass is 218 g/mol. The number of hydrogen-bond donors (Lipinski definition) is 1. The summed E-state index contributed by atoms with van der Waals surface area (Å²) in [5.41, 5.74) is 2.84. The predicted octanol–water partition coefficient (Wildman–Crippen LogP) is 2.14. The van der Waals surface area contributed by atoms with Crippen LogP contribution in [0.4, 0.5) is 0 Å². The van der Waals surface area contributed by atoms with Crippen molar-refractivity contribution in [2.75, 3.05) is 26.7 Å². The molecule has 2 nitrogen and oxygen atoms in total. The van der Waals surface area contributed by atoms with Crippen molar-refractivity contribution in [3.63, 3.8) is 0 Å². The third kappa shape index (κ3) is 2.45. The van der Waals surface area contributed by atoms with Crippen LogP contribution in [-0.2, 0) is 5.54 Å². The predicted molar refractivity (Wildman–Crippen MR) is 68.6 cm³/mol. The Kier molecular flexibility index (Phi) is 3.31. The van der Waals surface area contributed by atoms with E-state index in [-0.39, 0.29) is 5.54 Å². The summed E-state index contributed by atoms with van der Waals surface area (Å²) < 4.78 is 0. The lowest BCUT2D eigenvalue weighted by Crippen LogP contribution is -2.45. The molecule has 0 amide bonds. The normalized spacial score (nSPS) is 27.7. The van der Waals surface area contributed by atoms with Gasteiger partial charge in [-0.2, -0.15) is 0 Å². The summed E-state index contributed by atoms with van der Waals surface area (Å²) in [6, 6.07) is 8.85. The van der Waals surface area contributed by atoms with Gasteiger partial charge in [0.2, 0.25) is 0 Å². The first-order valence-corrected chi connectivity index (χ1v) is 6.11. The highest BCUT2D eigenvalue weighted by molar-refractivity contribution is 5.29. The minimum absolute atomic E-state index is 0.0945. The number of aryl methyl sites for hydroxylation is 1. The molecule has 0 radical (unpaired) electrons. The van der Waals surface area contributed by atoms with Crippen LogP contribution in [0.15, 0.2) is 24.3 Å². The van der Waals surface area contributed by atoms with Gasteiger partial charge < -0.3 is 10.2 Å². The molecule has 1 aliphatic heterocycles. The minimum Gasteiger partial charge on any atom is -0.307 e. The average Bonchev–Trinajstić information content (AvgIpc) is 2.41. The zero-order valence-corrected chi connectivity index (χ0v) is 10.6. The summed E-state index contributed by atoms with van der Waals surface area (Å²) in [6.45, 7) is 7.84. The molecule has 88 valence electrons. The van der Waals surface area contributed by atoms with Crippen molar-refractivity contribution in [1.82, 2.24) is 10.2 Å². The number of benzene rings is 1. The largest absolute Gasteiger partial charge is 0.307 e. The van der Waals surface area contributed by atoms with E-state index in [9.17, 15) is 0 Å². The lowest BCUT2D eigenvalue weighted by molar-refractivity contribution is 0.259. The van der Waals surface area contributed by atoms with E-state index in [2.05, 4.69) is 55.4 Å². The molecule has 0 spiro atoms. The molecule has 0 saturated carbocycles. The maximum Gasteiger partial charge on any atom is 0.0534 e. The van der Waals surface area contributed by atoms with E-state index in [1.165, 1.54) is 24.1 Å². The molecule has 0 aliphatic carbocycles. The number of rotatable bonds is 1. The van der Waals surface area contributed by atoms with Gasteiger partial charge >= 0.3 is 0 Å². The molecule has 16 heavy (non-hydrogen) atoms. The van der Waals surface area contributed by atoms with E-state index in [0.717, 1.165) is 13.1 Å². The van der Waals surface area contributed by atoms with Gasteiger partial charge in [0.05, 0.1) is 5.54 Å². The quantitative estimate of drug-likeness (QED) is 0.777. The van der Waals surface area contributed by atoms with Crippen LogP contribution in [-0.4, -0.2) is 31.6 Å². The standard InChI is InChI=1S/C14H22N2/c1-12-6-4-7-13(10-12)14(2)11-16(3)9-5-8-15-14/h4,6-7,10,15H,5,8-9,11H2,1-3H3. The highest BCUT2D eigenvalue weighted by atomic mass is 15.2. The second-order valence-corrected chi connectivity index (χ2v) is 5.22. The zero-order valence-electron chi connectivity index (χ0n) is 10.6. The first-order valence-electron chi connectivity index (χ1n) is 6.11. The summed E-state index contributed by atoms with van der Waals surface area (Å²) >= 11 is 0. The first kappa shape index (κ1) is 11.6. The van der Waals surface area contributed by atoms with E-state index in [0.29, 0.717) is 0 Å². The highest BCUT2D eigenvalue weighted by Crippen LogP contribution is 2.24. The van der Waals surface area contributed by atoms with Gasteiger partial charge in [0.15, 0.2) is 0 Å². The summed E-state index contributed by atoms with van der Waals surface area (Å²) in [7, 11) is 2.21. The Labute approximate surface area is 98.7 Å². The molecule has 1 unspecified atom stereocenters. The summed E-state index contributed by atoms with van der Waals surface area (Å²) in [5, 5.41) is 3.69.